The molecule has 1 aliphatic rings. The second-order valence-electron chi connectivity index (χ2n) is 7.45. The molecule has 1 aliphatic heterocycles. The third kappa shape index (κ3) is 4.52. The lowest BCUT2D eigenvalue weighted by Gasteiger charge is -2.34. The van der Waals surface area contributed by atoms with Gasteiger partial charge in [0, 0.05) is 44.6 Å². The number of carbonyl (C=O) groups is 1. The van der Waals surface area contributed by atoms with E-state index in [4.69, 9.17) is 0 Å². The Morgan fingerprint density at radius 2 is 2.03 bits per heavy atom. The summed E-state index contributed by atoms with van der Waals surface area (Å²) in [6.45, 7) is 4.81. The first kappa shape index (κ1) is 21.5. The molecule has 0 spiro atoms. The predicted octanol–water partition coefficient (Wildman–Crippen LogP) is 1.61. The Morgan fingerprint density at radius 1 is 1.34 bits per heavy atom. The van der Waals surface area contributed by atoms with Crippen LogP contribution in [0.25, 0.3) is 0 Å². The van der Waals surface area contributed by atoms with Crippen LogP contribution >= 0.6 is 0 Å². The van der Waals surface area contributed by atoms with E-state index in [9.17, 15) is 18.3 Å². The maximum Gasteiger partial charge on any atom is 0.254 e. The zero-order valence-electron chi connectivity index (χ0n) is 17.0. The predicted molar refractivity (Wildman–Crippen MR) is 109 cm³/mol. The van der Waals surface area contributed by atoms with Crippen molar-refractivity contribution in [2.45, 2.75) is 37.7 Å². The summed E-state index contributed by atoms with van der Waals surface area (Å²) in [6, 6.07) is 4.62. The van der Waals surface area contributed by atoms with Crippen LogP contribution < -0.4 is 4.72 Å². The monoisotopic (exact) mass is 420 g/mol. The van der Waals surface area contributed by atoms with E-state index in [0.717, 1.165) is 5.56 Å². The first-order valence-corrected chi connectivity index (χ1v) is 11.3. The molecular weight excluding hydrogens is 392 g/mol. The van der Waals surface area contributed by atoms with E-state index < -0.39 is 16.1 Å². The average molecular weight is 421 g/mol. The normalized spacial score (nSPS) is 16.8. The fraction of sp³-hybridized carbons (Fsp3) is 0.500. The highest BCUT2D eigenvalue weighted by Gasteiger charge is 2.31. The van der Waals surface area contributed by atoms with Gasteiger partial charge in [-0.2, -0.15) is 0 Å². The molecule has 0 saturated carbocycles. The minimum absolute atomic E-state index is 0.0294. The fourth-order valence-corrected chi connectivity index (χ4v) is 4.80. The lowest BCUT2D eigenvalue weighted by Crippen LogP contribution is -2.40. The van der Waals surface area contributed by atoms with Crippen LogP contribution in [0.1, 0.15) is 47.6 Å². The maximum absolute atomic E-state index is 13.0. The molecule has 2 heterocycles. The largest absolute Gasteiger partial charge is 0.385 e. The van der Waals surface area contributed by atoms with Gasteiger partial charge in [0.1, 0.15) is 11.9 Å². The van der Waals surface area contributed by atoms with Crippen molar-refractivity contribution >= 4 is 15.9 Å². The Labute approximate surface area is 171 Å². The van der Waals surface area contributed by atoms with Crippen LogP contribution in [0.5, 0.6) is 0 Å². The van der Waals surface area contributed by atoms with Gasteiger partial charge < -0.3 is 14.6 Å². The number of benzene rings is 1. The summed E-state index contributed by atoms with van der Waals surface area (Å²) in [4.78, 5) is 19.1. The molecule has 0 aliphatic carbocycles. The molecule has 1 unspecified atom stereocenters. The van der Waals surface area contributed by atoms with Gasteiger partial charge in [-0.25, -0.2) is 18.1 Å². The fourth-order valence-electron chi connectivity index (χ4n) is 3.73. The summed E-state index contributed by atoms with van der Waals surface area (Å²) < 4.78 is 28.8. The summed E-state index contributed by atoms with van der Waals surface area (Å²) in [5.74, 6) is 0.481. The first-order chi connectivity index (χ1) is 13.7. The topological polar surface area (TPSA) is 105 Å². The standard InChI is InChI=1S/C20H28N4O4S/c1-4-22-29(27,28)16-6-5-14(2)17(13-16)20(26)24-10-7-15(8-11-24)18(25)19-21-9-12-23(19)3/h5-6,9,12-13,15,18,22,25H,4,7-8,10-11H2,1-3H3. The van der Waals surface area contributed by atoms with Crippen molar-refractivity contribution in [1.82, 2.24) is 19.2 Å². The number of amides is 1. The van der Waals surface area contributed by atoms with Crippen molar-refractivity contribution in [2.75, 3.05) is 19.6 Å². The zero-order valence-corrected chi connectivity index (χ0v) is 17.8. The van der Waals surface area contributed by atoms with Crippen LogP contribution in [-0.2, 0) is 17.1 Å². The molecule has 29 heavy (non-hydrogen) atoms. The molecule has 2 N–H and O–H groups in total. The summed E-state index contributed by atoms with van der Waals surface area (Å²) in [5.41, 5.74) is 1.13. The number of piperidine rings is 1. The number of aliphatic hydroxyl groups excluding tert-OH is 1. The van der Waals surface area contributed by atoms with Crippen LogP contribution in [0, 0.1) is 12.8 Å². The minimum atomic E-state index is -3.63. The number of aliphatic hydroxyl groups is 1. The van der Waals surface area contributed by atoms with E-state index >= 15 is 0 Å². The molecule has 1 amide bonds. The highest BCUT2D eigenvalue weighted by molar-refractivity contribution is 7.89. The molecule has 2 aromatic rings. The summed E-state index contributed by atoms with van der Waals surface area (Å²) in [5, 5.41) is 10.6. The summed E-state index contributed by atoms with van der Waals surface area (Å²) in [6.07, 6.45) is 4.12. The van der Waals surface area contributed by atoms with Crippen molar-refractivity contribution in [3.05, 3.63) is 47.5 Å². The molecule has 0 bridgehead atoms. The van der Waals surface area contributed by atoms with Gasteiger partial charge >= 0.3 is 0 Å². The van der Waals surface area contributed by atoms with Crippen LogP contribution in [0.15, 0.2) is 35.5 Å². The number of nitrogens with one attached hydrogen (secondary N) is 1. The quantitative estimate of drug-likeness (QED) is 0.739. The van der Waals surface area contributed by atoms with Crippen LogP contribution in [0.2, 0.25) is 0 Å². The Balaban J connectivity index is 1.72. The number of rotatable bonds is 6. The molecule has 1 atom stereocenters. The molecule has 8 nitrogen and oxygen atoms in total. The number of hydrogen-bond acceptors (Lipinski definition) is 5. The zero-order chi connectivity index (χ0) is 21.2. The van der Waals surface area contributed by atoms with Gasteiger partial charge in [0.2, 0.25) is 10.0 Å². The Morgan fingerprint density at radius 3 is 2.62 bits per heavy atom. The number of carbonyl (C=O) groups excluding carboxylic acids is 1. The van der Waals surface area contributed by atoms with Crippen molar-refractivity contribution in [3.63, 3.8) is 0 Å². The maximum atomic E-state index is 13.0. The number of hydrogen-bond donors (Lipinski definition) is 2. The van der Waals surface area contributed by atoms with Gasteiger partial charge in [-0.1, -0.05) is 13.0 Å². The van der Waals surface area contributed by atoms with Gasteiger partial charge in [-0.3, -0.25) is 4.79 Å². The van der Waals surface area contributed by atoms with Gasteiger partial charge in [-0.15, -0.1) is 0 Å². The van der Waals surface area contributed by atoms with Crippen molar-refractivity contribution in [3.8, 4) is 0 Å². The third-order valence-corrected chi connectivity index (χ3v) is 7.02. The van der Waals surface area contributed by atoms with Gasteiger partial charge in [0.25, 0.3) is 5.91 Å². The minimum Gasteiger partial charge on any atom is -0.385 e. The van der Waals surface area contributed by atoms with E-state index in [2.05, 4.69) is 9.71 Å². The van der Waals surface area contributed by atoms with Crippen molar-refractivity contribution in [2.24, 2.45) is 13.0 Å². The van der Waals surface area contributed by atoms with Crippen LogP contribution in [-0.4, -0.2) is 53.5 Å². The number of nitrogens with zero attached hydrogens (tertiary/aromatic N) is 3. The van der Waals surface area contributed by atoms with E-state index in [-0.39, 0.29) is 23.3 Å². The van der Waals surface area contributed by atoms with E-state index in [0.29, 0.717) is 37.3 Å². The summed E-state index contributed by atoms with van der Waals surface area (Å²) >= 11 is 0. The highest BCUT2D eigenvalue weighted by Crippen LogP contribution is 2.30. The SMILES string of the molecule is CCNS(=O)(=O)c1ccc(C)c(C(=O)N2CCC(C(O)c3nccn3C)CC2)c1. The Hall–Kier alpha value is -2.23. The number of aromatic nitrogens is 2. The second-order valence-corrected chi connectivity index (χ2v) is 9.22. The molecule has 158 valence electrons. The van der Waals surface area contributed by atoms with E-state index in [1.165, 1.54) is 12.1 Å². The Kier molecular flexibility index (Phi) is 6.40. The summed E-state index contributed by atoms with van der Waals surface area (Å²) in [7, 11) is -1.78. The molecule has 3 rings (SSSR count). The molecule has 9 heteroatoms. The third-order valence-electron chi connectivity index (χ3n) is 5.48. The lowest BCUT2D eigenvalue weighted by molar-refractivity contribution is 0.0419. The van der Waals surface area contributed by atoms with E-state index in [1.54, 1.807) is 37.2 Å². The number of aryl methyl sites for hydroxylation is 2. The molecule has 1 fully saturated rings. The lowest BCUT2D eigenvalue weighted by atomic mass is 9.90. The smallest absolute Gasteiger partial charge is 0.254 e. The average Bonchev–Trinajstić information content (AvgIpc) is 3.13. The van der Waals surface area contributed by atoms with Crippen LogP contribution in [0.3, 0.4) is 0 Å². The second kappa shape index (κ2) is 8.64. The molecule has 1 saturated heterocycles. The van der Waals surface area contributed by atoms with Gasteiger partial charge in [0.15, 0.2) is 0 Å². The number of sulfonamides is 1. The number of imidazole rings is 1. The molecule has 1 aromatic heterocycles. The van der Waals surface area contributed by atoms with Crippen LogP contribution in [0.4, 0.5) is 0 Å². The van der Waals surface area contributed by atoms with Crippen molar-refractivity contribution < 1.29 is 18.3 Å². The van der Waals surface area contributed by atoms with Crippen molar-refractivity contribution in [1.29, 1.82) is 0 Å². The van der Waals surface area contributed by atoms with Gasteiger partial charge in [0.05, 0.1) is 4.90 Å². The molecular formula is C20H28N4O4S. The molecule has 1 aromatic carbocycles. The van der Waals surface area contributed by atoms with Gasteiger partial charge in [-0.05, 0) is 43.4 Å². The Bertz CT molecular complexity index is 978. The molecule has 0 radical (unpaired) electrons. The first-order valence-electron chi connectivity index (χ1n) is 9.79. The highest BCUT2D eigenvalue weighted by atomic mass is 32.2. The van der Waals surface area contributed by atoms with E-state index in [1.807, 2.05) is 11.6 Å². The number of likely N-dealkylation sites (tertiary alicyclic amines) is 1.